The Bertz CT molecular complexity index is 793. The average Bonchev–Trinajstić information content (AvgIpc) is 3.30. The number of rotatable bonds is 7. The maximum Gasteiger partial charge on any atom is 0.286 e. The molecule has 0 unspecified atom stereocenters. The number of thiophene rings is 1. The number of amides is 2. The van der Waals surface area contributed by atoms with Crippen molar-refractivity contribution >= 4 is 29.0 Å². The lowest BCUT2D eigenvalue weighted by atomic mass is 10.3. The van der Waals surface area contributed by atoms with Crippen LogP contribution in [-0.4, -0.2) is 28.1 Å². The van der Waals surface area contributed by atoms with Crippen molar-refractivity contribution in [3.05, 3.63) is 58.8 Å². The van der Waals surface area contributed by atoms with Gasteiger partial charge in [0.25, 0.3) is 5.91 Å². The Morgan fingerprint density at radius 3 is 2.92 bits per heavy atom. The molecule has 3 aromatic heterocycles. The first-order chi connectivity index (χ1) is 11.7. The molecule has 0 fully saturated rings. The summed E-state index contributed by atoms with van der Waals surface area (Å²) >= 11 is 1.63. The van der Waals surface area contributed by atoms with E-state index in [0.717, 1.165) is 4.88 Å². The second kappa shape index (κ2) is 7.60. The zero-order valence-electron chi connectivity index (χ0n) is 12.8. The van der Waals surface area contributed by atoms with Crippen molar-refractivity contribution in [2.24, 2.45) is 0 Å². The van der Waals surface area contributed by atoms with E-state index < -0.39 is 0 Å². The number of carbonyl (C=O) groups excluding carboxylic acids is 2. The molecule has 0 aliphatic rings. The molecule has 0 aromatic carbocycles. The smallest absolute Gasteiger partial charge is 0.286 e. The normalized spacial score (nSPS) is 10.5. The average molecular weight is 344 g/mol. The van der Waals surface area contributed by atoms with Gasteiger partial charge in [-0.2, -0.15) is 5.10 Å². The lowest BCUT2D eigenvalue weighted by Gasteiger charge is -2.08. The van der Waals surface area contributed by atoms with Crippen LogP contribution in [0.2, 0.25) is 0 Å². The van der Waals surface area contributed by atoms with E-state index in [9.17, 15) is 9.59 Å². The SMILES string of the molecule is O=C(CCNC(=O)c1ccco1)Nc1ccnn1Cc1cccs1. The third kappa shape index (κ3) is 4.11. The van der Waals surface area contributed by atoms with Gasteiger partial charge >= 0.3 is 0 Å². The Morgan fingerprint density at radius 1 is 1.25 bits per heavy atom. The number of nitrogens with one attached hydrogen (secondary N) is 2. The van der Waals surface area contributed by atoms with Crippen LogP contribution < -0.4 is 10.6 Å². The van der Waals surface area contributed by atoms with Crippen molar-refractivity contribution in [1.82, 2.24) is 15.1 Å². The Hall–Kier alpha value is -2.87. The van der Waals surface area contributed by atoms with Crippen LogP contribution in [0.3, 0.4) is 0 Å². The van der Waals surface area contributed by atoms with Crippen molar-refractivity contribution in [3.8, 4) is 0 Å². The highest BCUT2D eigenvalue weighted by Crippen LogP contribution is 2.14. The summed E-state index contributed by atoms with van der Waals surface area (Å²) in [5, 5.41) is 11.6. The lowest BCUT2D eigenvalue weighted by molar-refractivity contribution is -0.116. The molecule has 0 spiro atoms. The molecule has 0 aliphatic carbocycles. The van der Waals surface area contributed by atoms with Crippen molar-refractivity contribution in [3.63, 3.8) is 0 Å². The van der Waals surface area contributed by atoms with Gasteiger partial charge in [-0.3, -0.25) is 9.59 Å². The predicted octanol–water partition coefficient (Wildman–Crippen LogP) is 2.34. The van der Waals surface area contributed by atoms with Gasteiger partial charge in [-0.15, -0.1) is 11.3 Å². The largest absolute Gasteiger partial charge is 0.459 e. The topological polar surface area (TPSA) is 89.2 Å². The van der Waals surface area contributed by atoms with Gasteiger partial charge in [-0.25, -0.2) is 4.68 Å². The summed E-state index contributed by atoms with van der Waals surface area (Å²) in [6.07, 6.45) is 3.23. The predicted molar refractivity (Wildman–Crippen MR) is 89.9 cm³/mol. The number of anilines is 1. The number of furan rings is 1. The minimum Gasteiger partial charge on any atom is -0.459 e. The fourth-order valence-corrected chi connectivity index (χ4v) is 2.79. The van der Waals surface area contributed by atoms with Crippen LogP contribution in [0.1, 0.15) is 21.9 Å². The van der Waals surface area contributed by atoms with Gasteiger partial charge in [0.1, 0.15) is 5.82 Å². The monoisotopic (exact) mass is 344 g/mol. The molecule has 2 amide bonds. The molecule has 0 saturated heterocycles. The molecule has 3 heterocycles. The molecule has 0 atom stereocenters. The molecule has 3 aromatic rings. The van der Waals surface area contributed by atoms with Crippen LogP contribution in [0.4, 0.5) is 5.82 Å². The molecular formula is C16H16N4O3S. The van der Waals surface area contributed by atoms with E-state index in [2.05, 4.69) is 15.7 Å². The van der Waals surface area contributed by atoms with Gasteiger partial charge in [-0.05, 0) is 23.6 Å². The highest BCUT2D eigenvalue weighted by Gasteiger charge is 2.11. The molecule has 0 aliphatic heterocycles. The van der Waals surface area contributed by atoms with Gasteiger partial charge in [-0.1, -0.05) is 6.07 Å². The van der Waals surface area contributed by atoms with Crippen molar-refractivity contribution in [1.29, 1.82) is 0 Å². The number of aromatic nitrogens is 2. The molecule has 24 heavy (non-hydrogen) atoms. The highest BCUT2D eigenvalue weighted by atomic mass is 32.1. The van der Waals surface area contributed by atoms with Gasteiger partial charge in [0.2, 0.25) is 5.91 Å². The first-order valence-corrected chi connectivity index (χ1v) is 8.26. The maximum atomic E-state index is 12.0. The first kappa shape index (κ1) is 16.0. The van der Waals surface area contributed by atoms with Crippen LogP contribution in [0.15, 0.2) is 52.6 Å². The first-order valence-electron chi connectivity index (χ1n) is 7.38. The van der Waals surface area contributed by atoms with Crippen LogP contribution in [0, 0.1) is 0 Å². The van der Waals surface area contributed by atoms with Gasteiger partial charge in [0.05, 0.1) is 19.0 Å². The van der Waals surface area contributed by atoms with Gasteiger partial charge in [0, 0.05) is 23.9 Å². The maximum absolute atomic E-state index is 12.0. The van der Waals surface area contributed by atoms with Crippen molar-refractivity contribution in [2.45, 2.75) is 13.0 Å². The quantitative estimate of drug-likeness (QED) is 0.688. The minimum absolute atomic E-state index is 0.163. The third-order valence-corrected chi connectivity index (χ3v) is 4.11. The number of hydrogen-bond acceptors (Lipinski definition) is 5. The van der Waals surface area contributed by atoms with Crippen molar-refractivity contribution in [2.75, 3.05) is 11.9 Å². The summed E-state index contributed by atoms with van der Waals surface area (Å²) in [4.78, 5) is 24.8. The highest BCUT2D eigenvalue weighted by molar-refractivity contribution is 7.09. The molecule has 0 saturated carbocycles. The molecule has 7 nitrogen and oxygen atoms in total. The zero-order valence-corrected chi connectivity index (χ0v) is 13.6. The lowest BCUT2D eigenvalue weighted by Crippen LogP contribution is -2.27. The second-order valence-corrected chi connectivity index (χ2v) is 6.02. The zero-order chi connectivity index (χ0) is 16.8. The summed E-state index contributed by atoms with van der Waals surface area (Å²) in [5.41, 5.74) is 0. The van der Waals surface area contributed by atoms with Crippen LogP contribution in [-0.2, 0) is 11.3 Å². The molecule has 0 bridgehead atoms. The van der Waals surface area contributed by atoms with E-state index in [4.69, 9.17) is 4.42 Å². The van der Waals surface area contributed by atoms with Crippen LogP contribution in [0.25, 0.3) is 0 Å². The number of nitrogens with zero attached hydrogens (tertiary/aromatic N) is 2. The molecule has 3 rings (SSSR count). The summed E-state index contributed by atoms with van der Waals surface area (Å²) in [7, 11) is 0. The standard InChI is InChI=1S/C16H16N4O3S/c21-15(6-7-17-16(22)13-4-1-9-23-13)19-14-5-8-18-20(14)11-12-3-2-10-24-12/h1-5,8-10H,6-7,11H2,(H,17,22)(H,19,21). The van der Waals surface area contributed by atoms with Crippen LogP contribution >= 0.6 is 11.3 Å². The Balaban J connectivity index is 1.47. The molecular weight excluding hydrogens is 328 g/mol. The Labute approximate surface area is 142 Å². The van der Waals surface area contributed by atoms with E-state index in [-0.39, 0.29) is 30.5 Å². The molecule has 8 heteroatoms. The van der Waals surface area contributed by atoms with Crippen LogP contribution in [0.5, 0.6) is 0 Å². The Morgan fingerprint density at radius 2 is 2.17 bits per heavy atom. The number of carbonyl (C=O) groups is 2. The number of hydrogen-bond donors (Lipinski definition) is 2. The second-order valence-electron chi connectivity index (χ2n) is 4.98. The summed E-state index contributed by atoms with van der Waals surface area (Å²) in [6, 6.07) is 8.94. The van der Waals surface area contributed by atoms with E-state index in [1.165, 1.54) is 6.26 Å². The van der Waals surface area contributed by atoms with Gasteiger partial charge in [0.15, 0.2) is 5.76 Å². The summed E-state index contributed by atoms with van der Waals surface area (Å²) in [6.45, 7) is 0.833. The van der Waals surface area contributed by atoms with E-state index in [1.54, 1.807) is 40.4 Å². The Kier molecular flexibility index (Phi) is 5.07. The van der Waals surface area contributed by atoms with E-state index >= 15 is 0 Å². The van der Waals surface area contributed by atoms with E-state index in [1.807, 2.05) is 17.5 Å². The fourth-order valence-electron chi connectivity index (χ4n) is 2.10. The van der Waals surface area contributed by atoms with E-state index in [0.29, 0.717) is 12.4 Å². The molecule has 0 radical (unpaired) electrons. The van der Waals surface area contributed by atoms with Gasteiger partial charge < -0.3 is 15.1 Å². The minimum atomic E-state index is -0.337. The summed E-state index contributed by atoms with van der Waals surface area (Å²) in [5.74, 6) is 0.327. The molecule has 2 N–H and O–H groups in total. The fraction of sp³-hybridized carbons (Fsp3) is 0.188. The molecule has 124 valence electrons. The summed E-state index contributed by atoms with van der Waals surface area (Å²) < 4.78 is 6.71. The third-order valence-electron chi connectivity index (χ3n) is 3.25. The van der Waals surface area contributed by atoms with Crippen molar-refractivity contribution < 1.29 is 14.0 Å².